The first-order valence-electron chi connectivity index (χ1n) is 11.5. The standard InChI is InChI=1S/C24H28N6O4.2ClH/c1-32-17-6-7-21-18(15-17)23(28-34-21)30-12-10-29(11-13-30)9-3-2-8-25-24(31)20-16-19(26-27-20)22-5-4-14-33-22;;/h4-7,14-16H,2-3,8-13H2,1H3,(H,25,31)(H,26,27);2*1H. The highest BCUT2D eigenvalue weighted by molar-refractivity contribution is 5.93. The van der Waals surface area contributed by atoms with E-state index in [0.29, 0.717) is 23.7 Å². The molecule has 2 N–H and O–H groups in total. The molecule has 194 valence electrons. The van der Waals surface area contributed by atoms with Gasteiger partial charge in [-0.15, -0.1) is 24.8 Å². The number of aromatic nitrogens is 3. The second kappa shape index (κ2) is 12.7. The highest BCUT2D eigenvalue weighted by atomic mass is 35.5. The molecule has 4 heterocycles. The number of nitrogens with zero attached hydrogens (tertiary/aromatic N) is 4. The number of methoxy groups -OCH3 is 1. The van der Waals surface area contributed by atoms with Crippen LogP contribution in [-0.2, 0) is 0 Å². The van der Waals surface area contributed by atoms with Crippen molar-refractivity contribution >= 4 is 47.5 Å². The summed E-state index contributed by atoms with van der Waals surface area (Å²) in [6.07, 6.45) is 3.52. The molecule has 1 saturated heterocycles. The van der Waals surface area contributed by atoms with Gasteiger partial charge >= 0.3 is 0 Å². The molecule has 0 spiro atoms. The second-order valence-electron chi connectivity index (χ2n) is 8.30. The van der Waals surface area contributed by atoms with Crippen LogP contribution >= 0.6 is 24.8 Å². The van der Waals surface area contributed by atoms with E-state index in [1.165, 1.54) is 0 Å². The number of carbonyl (C=O) groups is 1. The quantitative estimate of drug-likeness (QED) is 0.308. The number of carbonyl (C=O) groups excluding carboxylic acids is 1. The minimum absolute atomic E-state index is 0. The van der Waals surface area contributed by atoms with Crippen LogP contribution in [0.5, 0.6) is 5.75 Å². The molecule has 1 aliphatic heterocycles. The lowest BCUT2D eigenvalue weighted by atomic mass is 10.2. The lowest BCUT2D eigenvalue weighted by Crippen LogP contribution is -2.46. The number of halogens is 2. The molecule has 0 unspecified atom stereocenters. The van der Waals surface area contributed by atoms with Gasteiger partial charge in [-0.2, -0.15) is 5.10 Å². The van der Waals surface area contributed by atoms with Gasteiger partial charge in [0, 0.05) is 38.8 Å². The minimum atomic E-state index is -0.181. The molecule has 1 aromatic carbocycles. The largest absolute Gasteiger partial charge is 0.497 e. The van der Waals surface area contributed by atoms with Crippen molar-refractivity contribution in [2.75, 3.05) is 51.3 Å². The molecule has 5 rings (SSSR count). The first-order chi connectivity index (χ1) is 16.7. The number of fused-ring (bicyclic) bond motifs is 1. The van der Waals surface area contributed by atoms with Gasteiger partial charge in [-0.05, 0) is 49.7 Å². The zero-order chi connectivity index (χ0) is 23.3. The van der Waals surface area contributed by atoms with Crippen LogP contribution in [0.3, 0.4) is 0 Å². The van der Waals surface area contributed by atoms with E-state index >= 15 is 0 Å². The number of furan rings is 1. The summed E-state index contributed by atoms with van der Waals surface area (Å²) < 4.78 is 16.1. The van der Waals surface area contributed by atoms with Crippen molar-refractivity contribution in [2.24, 2.45) is 0 Å². The number of anilines is 1. The SMILES string of the molecule is COc1ccc2onc(N3CCN(CCCCNC(=O)c4cc(-c5ccco5)[nH]n4)CC3)c2c1.Cl.Cl. The van der Waals surface area contributed by atoms with Crippen molar-refractivity contribution in [2.45, 2.75) is 12.8 Å². The predicted molar refractivity (Wildman–Crippen MR) is 142 cm³/mol. The number of hydrogen-bond donors (Lipinski definition) is 2. The summed E-state index contributed by atoms with van der Waals surface area (Å²) in [4.78, 5) is 17.0. The Kier molecular flexibility index (Phi) is 9.63. The van der Waals surface area contributed by atoms with Crippen molar-refractivity contribution in [1.29, 1.82) is 0 Å². The molecule has 12 heteroatoms. The minimum Gasteiger partial charge on any atom is -0.497 e. The average molecular weight is 537 g/mol. The molecular formula is C24H30Cl2N6O4. The molecule has 36 heavy (non-hydrogen) atoms. The van der Waals surface area contributed by atoms with Crippen LogP contribution in [0.15, 0.2) is 51.6 Å². The van der Waals surface area contributed by atoms with Crippen molar-refractivity contribution in [3.8, 4) is 17.2 Å². The van der Waals surface area contributed by atoms with E-state index in [1.807, 2.05) is 24.3 Å². The van der Waals surface area contributed by atoms with Crippen molar-refractivity contribution in [3.05, 3.63) is 48.4 Å². The van der Waals surface area contributed by atoms with Gasteiger partial charge in [-0.25, -0.2) is 0 Å². The number of unbranched alkanes of at least 4 members (excludes halogenated alkanes) is 1. The number of benzene rings is 1. The third-order valence-corrected chi connectivity index (χ3v) is 6.11. The van der Waals surface area contributed by atoms with Crippen LogP contribution in [0.1, 0.15) is 23.3 Å². The van der Waals surface area contributed by atoms with Gasteiger partial charge in [0.05, 0.1) is 18.8 Å². The van der Waals surface area contributed by atoms with E-state index in [1.54, 1.807) is 25.5 Å². The van der Waals surface area contributed by atoms with Crippen LogP contribution in [0.25, 0.3) is 22.4 Å². The molecule has 1 aliphatic rings. The first-order valence-corrected chi connectivity index (χ1v) is 11.5. The van der Waals surface area contributed by atoms with E-state index in [-0.39, 0.29) is 30.7 Å². The number of ether oxygens (including phenoxy) is 1. The Bertz CT molecular complexity index is 1230. The Labute approximate surface area is 221 Å². The van der Waals surface area contributed by atoms with Crippen LogP contribution in [0.2, 0.25) is 0 Å². The summed E-state index contributed by atoms with van der Waals surface area (Å²) in [5.41, 5.74) is 1.82. The van der Waals surface area contributed by atoms with E-state index in [0.717, 1.165) is 68.1 Å². The van der Waals surface area contributed by atoms with Crippen LogP contribution in [-0.4, -0.2) is 72.5 Å². The summed E-state index contributed by atoms with van der Waals surface area (Å²) in [5, 5.41) is 15.1. The Hall–Kier alpha value is -3.21. The molecule has 0 atom stereocenters. The van der Waals surface area contributed by atoms with Gasteiger partial charge in [0.2, 0.25) is 0 Å². The lowest BCUT2D eigenvalue weighted by Gasteiger charge is -2.34. The highest BCUT2D eigenvalue weighted by Gasteiger charge is 2.22. The van der Waals surface area contributed by atoms with Crippen molar-refractivity contribution in [1.82, 2.24) is 25.6 Å². The third kappa shape index (κ3) is 6.13. The lowest BCUT2D eigenvalue weighted by molar-refractivity contribution is 0.0947. The number of H-pyrrole nitrogens is 1. The van der Waals surface area contributed by atoms with Gasteiger partial charge in [0.1, 0.15) is 11.4 Å². The summed E-state index contributed by atoms with van der Waals surface area (Å²) in [5.74, 6) is 2.15. The zero-order valence-corrected chi connectivity index (χ0v) is 21.6. The maximum absolute atomic E-state index is 12.3. The maximum atomic E-state index is 12.3. The van der Waals surface area contributed by atoms with Crippen LogP contribution in [0, 0.1) is 0 Å². The first kappa shape index (κ1) is 27.4. The molecule has 0 saturated carbocycles. The van der Waals surface area contributed by atoms with Gasteiger partial charge in [0.25, 0.3) is 5.91 Å². The molecule has 0 bridgehead atoms. The summed E-state index contributed by atoms with van der Waals surface area (Å²) >= 11 is 0. The monoisotopic (exact) mass is 536 g/mol. The Balaban J connectivity index is 0.00000180. The third-order valence-electron chi connectivity index (χ3n) is 6.11. The van der Waals surface area contributed by atoms with E-state index in [9.17, 15) is 4.79 Å². The Morgan fingerprint density at radius 2 is 1.97 bits per heavy atom. The molecule has 3 aromatic heterocycles. The van der Waals surface area contributed by atoms with Crippen LogP contribution in [0.4, 0.5) is 5.82 Å². The van der Waals surface area contributed by atoms with Crippen LogP contribution < -0.4 is 15.0 Å². The molecular weight excluding hydrogens is 507 g/mol. The van der Waals surface area contributed by atoms with Gasteiger partial charge in [-0.3, -0.25) is 14.8 Å². The number of piperazine rings is 1. The molecule has 0 radical (unpaired) electrons. The molecule has 10 nitrogen and oxygen atoms in total. The summed E-state index contributed by atoms with van der Waals surface area (Å²) in [7, 11) is 1.66. The van der Waals surface area contributed by atoms with Crippen molar-refractivity contribution < 1.29 is 18.5 Å². The molecule has 1 fully saturated rings. The predicted octanol–water partition coefficient (Wildman–Crippen LogP) is 4.00. The molecule has 1 amide bonds. The normalized spacial score (nSPS) is 13.8. The second-order valence-corrected chi connectivity index (χ2v) is 8.30. The Morgan fingerprint density at radius 3 is 2.72 bits per heavy atom. The topological polar surface area (TPSA) is 113 Å². The van der Waals surface area contributed by atoms with Gasteiger partial charge < -0.3 is 23.9 Å². The number of hydrogen-bond acceptors (Lipinski definition) is 8. The van der Waals surface area contributed by atoms with Gasteiger partial charge in [0.15, 0.2) is 22.9 Å². The molecule has 0 aliphatic carbocycles. The molecule has 4 aromatic rings. The maximum Gasteiger partial charge on any atom is 0.271 e. The zero-order valence-electron chi connectivity index (χ0n) is 19.9. The fourth-order valence-electron chi connectivity index (χ4n) is 4.19. The van der Waals surface area contributed by atoms with Gasteiger partial charge in [-0.1, -0.05) is 5.16 Å². The number of nitrogens with one attached hydrogen (secondary N) is 2. The fraction of sp³-hybridized carbons (Fsp3) is 0.375. The van der Waals surface area contributed by atoms with E-state index in [4.69, 9.17) is 13.7 Å². The average Bonchev–Trinajstić information content (AvgIpc) is 3.64. The smallest absolute Gasteiger partial charge is 0.271 e. The Morgan fingerprint density at radius 1 is 1.14 bits per heavy atom. The summed E-state index contributed by atoms with van der Waals surface area (Å²) in [6.45, 7) is 5.34. The highest BCUT2D eigenvalue weighted by Crippen LogP contribution is 2.30. The number of amides is 1. The number of rotatable bonds is 9. The number of aromatic amines is 1. The van der Waals surface area contributed by atoms with Crippen molar-refractivity contribution in [3.63, 3.8) is 0 Å². The van der Waals surface area contributed by atoms with E-state index < -0.39 is 0 Å². The fourth-order valence-corrected chi connectivity index (χ4v) is 4.19. The summed E-state index contributed by atoms with van der Waals surface area (Å²) in [6, 6.07) is 11.1. The van der Waals surface area contributed by atoms with E-state index in [2.05, 4.69) is 30.5 Å².